The SMILES string of the molecule is CCc1nn(C)cc1C(CC1CCOCC1)NC. The molecule has 0 spiro atoms. The van der Waals surface area contributed by atoms with E-state index in [9.17, 15) is 0 Å². The topological polar surface area (TPSA) is 39.1 Å². The van der Waals surface area contributed by atoms with Crippen molar-refractivity contribution in [1.29, 1.82) is 0 Å². The number of aryl methyl sites for hydroxylation is 2. The Bertz CT molecular complexity index is 369. The van der Waals surface area contributed by atoms with Gasteiger partial charge in [0.25, 0.3) is 0 Å². The van der Waals surface area contributed by atoms with Crippen molar-refractivity contribution in [3.05, 3.63) is 17.5 Å². The maximum atomic E-state index is 5.43. The Morgan fingerprint density at radius 2 is 2.22 bits per heavy atom. The van der Waals surface area contributed by atoms with Crippen LogP contribution in [0.25, 0.3) is 0 Å². The summed E-state index contributed by atoms with van der Waals surface area (Å²) in [6.45, 7) is 4.02. The van der Waals surface area contributed by atoms with Gasteiger partial charge in [0.2, 0.25) is 0 Å². The standard InChI is InChI=1S/C14H25N3O/c1-4-13-12(10-17(3)16-13)14(15-2)9-11-5-7-18-8-6-11/h10-11,14-15H,4-9H2,1-3H3. The molecular formula is C14H25N3O. The van der Waals surface area contributed by atoms with E-state index in [4.69, 9.17) is 4.74 Å². The number of hydrogen-bond donors (Lipinski definition) is 1. The summed E-state index contributed by atoms with van der Waals surface area (Å²) in [7, 11) is 4.06. The number of rotatable bonds is 5. The minimum atomic E-state index is 0.428. The molecule has 0 aromatic carbocycles. The molecule has 4 nitrogen and oxygen atoms in total. The van der Waals surface area contributed by atoms with Gasteiger partial charge in [-0.3, -0.25) is 4.68 Å². The zero-order valence-electron chi connectivity index (χ0n) is 11.8. The predicted molar refractivity (Wildman–Crippen MR) is 72.5 cm³/mol. The van der Waals surface area contributed by atoms with E-state index in [1.54, 1.807) is 0 Å². The molecule has 2 rings (SSSR count). The molecule has 1 fully saturated rings. The summed E-state index contributed by atoms with van der Waals surface area (Å²) in [6, 6.07) is 0.428. The minimum absolute atomic E-state index is 0.428. The average Bonchev–Trinajstić information content (AvgIpc) is 2.78. The van der Waals surface area contributed by atoms with Crippen LogP contribution in [0.5, 0.6) is 0 Å². The zero-order valence-corrected chi connectivity index (χ0v) is 11.8. The highest BCUT2D eigenvalue weighted by Crippen LogP contribution is 2.28. The highest BCUT2D eigenvalue weighted by molar-refractivity contribution is 5.21. The van der Waals surface area contributed by atoms with Gasteiger partial charge in [-0.15, -0.1) is 0 Å². The Hall–Kier alpha value is -0.870. The number of nitrogens with zero attached hydrogens (tertiary/aromatic N) is 2. The lowest BCUT2D eigenvalue weighted by Crippen LogP contribution is -2.24. The first-order chi connectivity index (χ1) is 8.74. The second kappa shape index (κ2) is 6.34. The van der Waals surface area contributed by atoms with E-state index < -0.39 is 0 Å². The van der Waals surface area contributed by atoms with Crippen LogP contribution in [0.4, 0.5) is 0 Å². The molecule has 102 valence electrons. The van der Waals surface area contributed by atoms with Crippen LogP contribution in [0, 0.1) is 5.92 Å². The van der Waals surface area contributed by atoms with Crippen LogP contribution in [0.1, 0.15) is 43.5 Å². The van der Waals surface area contributed by atoms with Gasteiger partial charge in [0.1, 0.15) is 0 Å². The lowest BCUT2D eigenvalue weighted by Gasteiger charge is -2.26. The highest BCUT2D eigenvalue weighted by atomic mass is 16.5. The summed E-state index contributed by atoms with van der Waals surface area (Å²) in [4.78, 5) is 0. The first-order valence-electron chi connectivity index (χ1n) is 7.02. The molecule has 1 aliphatic rings. The lowest BCUT2D eigenvalue weighted by atomic mass is 9.89. The van der Waals surface area contributed by atoms with Crippen molar-refractivity contribution in [2.45, 2.75) is 38.6 Å². The van der Waals surface area contributed by atoms with Crippen LogP contribution in [0.15, 0.2) is 6.20 Å². The van der Waals surface area contributed by atoms with Crippen molar-refractivity contribution in [3.63, 3.8) is 0 Å². The Balaban J connectivity index is 2.06. The number of nitrogens with one attached hydrogen (secondary N) is 1. The van der Waals surface area contributed by atoms with E-state index in [0.29, 0.717) is 6.04 Å². The highest BCUT2D eigenvalue weighted by Gasteiger charge is 2.22. The average molecular weight is 251 g/mol. The maximum Gasteiger partial charge on any atom is 0.0669 e. The number of aromatic nitrogens is 2. The van der Waals surface area contributed by atoms with E-state index in [-0.39, 0.29) is 0 Å². The Kier molecular flexibility index (Phi) is 4.78. The van der Waals surface area contributed by atoms with E-state index in [0.717, 1.165) is 25.6 Å². The quantitative estimate of drug-likeness (QED) is 0.870. The van der Waals surface area contributed by atoms with Crippen LogP contribution in [-0.2, 0) is 18.2 Å². The van der Waals surface area contributed by atoms with Crippen LogP contribution in [0.2, 0.25) is 0 Å². The van der Waals surface area contributed by atoms with E-state index >= 15 is 0 Å². The monoisotopic (exact) mass is 251 g/mol. The van der Waals surface area contributed by atoms with Crippen molar-refractivity contribution >= 4 is 0 Å². The molecule has 18 heavy (non-hydrogen) atoms. The zero-order chi connectivity index (χ0) is 13.0. The number of hydrogen-bond acceptors (Lipinski definition) is 3. The molecule has 0 saturated carbocycles. The molecule has 1 aliphatic heterocycles. The molecule has 0 amide bonds. The maximum absolute atomic E-state index is 5.43. The molecule has 2 heterocycles. The van der Waals surface area contributed by atoms with E-state index in [1.807, 2.05) is 11.7 Å². The third kappa shape index (κ3) is 3.12. The van der Waals surface area contributed by atoms with Gasteiger partial charge in [0.05, 0.1) is 5.69 Å². The largest absolute Gasteiger partial charge is 0.381 e. The lowest BCUT2D eigenvalue weighted by molar-refractivity contribution is 0.0607. The van der Waals surface area contributed by atoms with Gasteiger partial charge in [-0.25, -0.2) is 0 Å². The van der Waals surface area contributed by atoms with Crippen molar-refractivity contribution in [2.24, 2.45) is 13.0 Å². The minimum Gasteiger partial charge on any atom is -0.381 e. The first kappa shape index (κ1) is 13.6. The van der Waals surface area contributed by atoms with E-state index in [2.05, 4.69) is 30.6 Å². The summed E-state index contributed by atoms with van der Waals surface area (Å²) in [6.07, 6.45) is 6.75. The molecule has 1 aromatic heterocycles. The van der Waals surface area contributed by atoms with Gasteiger partial charge in [-0.05, 0) is 38.6 Å². The Morgan fingerprint density at radius 3 is 2.83 bits per heavy atom. The molecule has 1 unspecified atom stereocenters. The Morgan fingerprint density at radius 1 is 1.50 bits per heavy atom. The molecular weight excluding hydrogens is 226 g/mol. The van der Waals surface area contributed by atoms with Crippen molar-refractivity contribution in [3.8, 4) is 0 Å². The summed E-state index contributed by atoms with van der Waals surface area (Å²) in [5, 5.41) is 8.00. The van der Waals surface area contributed by atoms with Gasteiger partial charge in [0, 0.05) is 38.1 Å². The molecule has 1 atom stereocenters. The van der Waals surface area contributed by atoms with Crippen molar-refractivity contribution in [2.75, 3.05) is 20.3 Å². The second-order valence-corrected chi connectivity index (χ2v) is 5.19. The van der Waals surface area contributed by atoms with Crippen molar-refractivity contribution < 1.29 is 4.74 Å². The van der Waals surface area contributed by atoms with E-state index in [1.165, 1.54) is 30.5 Å². The number of ether oxygens (including phenoxy) is 1. The molecule has 0 radical (unpaired) electrons. The summed E-state index contributed by atoms with van der Waals surface area (Å²) >= 11 is 0. The molecule has 0 aliphatic carbocycles. The molecule has 1 N–H and O–H groups in total. The Labute approximate surface area is 110 Å². The van der Waals surface area contributed by atoms with Crippen LogP contribution in [-0.4, -0.2) is 30.0 Å². The van der Waals surface area contributed by atoms with Crippen LogP contribution in [0.3, 0.4) is 0 Å². The fourth-order valence-electron chi connectivity index (χ4n) is 2.83. The summed E-state index contributed by atoms with van der Waals surface area (Å²) in [5.74, 6) is 0.779. The fraction of sp³-hybridized carbons (Fsp3) is 0.786. The third-order valence-electron chi connectivity index (χ3n) is 3.91. The predicted octanol–water partition coefficient (Wildman–Crippen LogP) is 2.06. The molecule has 1 saturated heterocycles. The molecule has 0 bridgehead atoms. The van der Waals surface area contributed by atoms with Gasteiger partial charge < -0.3 is 10.1 Å². The first-order valence-corrected chi connectivity index (χ1v) is 7.02. The fourth-order valence-corrected chi connectivity index (χ4v) is 2.83. The normalized spacial score (nSPS) is 19.1. The van der Waals surface area contributed by atoms with Gasteiger partial charge >= 0.3 is 0 Å². The van der Waals surface area contributed by atoms with Gasteiger partial charge in [-0.1, -0.05) is 6.92 Å². The molecule has 1 aromatic rings. The summed E-state index contributed by atoms with van der Waals surface area (Å²) in [5.41, 5.74) is 2.60. The summed E-state index contributed by atoms with van der Waals surface area (Å²) < 4.78 is 7.37. The van der Waals surface area contributed by atoms with Crippen molar-refractivity contribution in [1.82, 2.24) is 15.1 Å². The smallest absolute Gasteiger partial charge is 0.0669 e. The van der Waals surface area contributed by atoms with Crippen LogP contribution < -0.4 is 5.32 Å². The van der Waals surface area contributed by atoms with Crippen LogP contribution >= 0.6 is 0 Å². The molecule has 4 heteroatoms. The second-order valence-electron chi connectivity index (χ2n) is 5.19. The van der Waals surface area contributed by atoms with Gasteiger partial charge in [0.15, 0.2) is 0 Å². The third-order valence-corrected chi connectivity index (χ3v) is 3.91. The van der Waals surface area contributed by atoms with Gasteiger partial charge in [-0.2, -0.15) is 5.10 Å².